The second kappa shape index (κ2) is 11.2. The van der Waals surface area contributed by atoms with Crippen molar-refractivity contribution in [2.24, 2.45) is 56.7 Å². The van der Waals surface area contributed by atoms with Crippen LogP contribution in [-0.2, 0) is 14.3 Å². The Labute approximate surface area is 276 Å². The Hall–Kier alpha value is -2.63. The highest BCUT2D eigenvalue weighted by atomic mass is 16.5. The van der Waals surface area contributed by atoms with Crippen molar-refractivity contribution < 1.29 is 29.0 Å². The second-order valence-corrected chi connectivity index (χ2v) is 17.4. The van der Waals surface area contributed by atoms with Gasteiger partial charge in [0, 0.05) is 17.8 Å². The third-order valence-electron chi connectivity index (χ3n) is 15.4. The number of aromatic carboxylic acids is 1. The van der Waals surface area contributed by atoms with Crippen LogP contribution >= 0.6 is 0 Å². The van der Waals surface area contributed by atoms with Crippen LogP contribution in [0.4, 0.5) is 0 Å². The van der Waals surface area contributed by atoms with E-state index in [-0.39, 0.29) is 50.3 Å². The summed E-state index contributed by atoms with van der Waals surface area (Å²) in [6.07, 6.45) is 11.0. The molecule has 1 aromatic rings. The molecule has 5 saturated carbocycles. The van der Waals surface area contributed by atoms with Gasteiger partial charge >= 0.3 is 17.9 Å². The number of benzene rings is 1. The van der Waals surface area contributed by atoms with Crippen LogP contribution in [0.2, 0.25) is 0 Å². The van der Waals surface area contributed by atoms with Crippen molar-refractivity contribution in [3.63, 3.8) is 0 Å². The number of carbonyl (C=O) groups is 3. The van der Waals surface area contributed by atoms with E-state index in [0.717, 1.165) is 44.9 Å². The minimum atomic E-state index is -1.11. The van der Waals surface area contributed by atoms with Gasteiger partial charge in [0.2, 0.25) is 0 Å². The van der Waals surface area contributed by atoms with Crippen molar-refractivity contribution in [3.8, 4) is 0 Å². The predicted octanol–water partition coefficient (Wildman–Crippen LogP) is 9.13. The van der Waals surface area contributed by atoms with Gasteiger partial charge < -0.3 is 14.6 Å². The molecule has 5 aliphatic rings. The maximum Gasteiger partial charge on any atom is 0.339 e. The Bertz CT molecular complexity index is 1430. The molecule has 0 amide bonds. The minimum absolute atomic E-state index is 0.00980. The van der Waals surface area contributed by atoms with Gasteiger partial charge in [0.25, 0.3) is 0 Å². The molecule has 10 atom stereocenters. The molecule has 0 unspecified atom stereocenters. The van der Waals surface area contributed by atoms with E-state index in [1.165, 1.54) is 30.9 Å². The van der Waals surface area contributed by atoms with Gasteiger partial charge in [-0.25, -0.2) is 9.59 Å². The lowest BCUT2D eigenvalue weighted by Crippen LogP contribution is -2.67. The number of ether oxygens (including phenoxy) is 2. The van der Waals surface area contributed by atoms with Crippen LogP contribution in [0.25, 0.3) is 0 Å². The van der Waals surface area contributed by atoms with Crippen LogP contribution in [0, 0.1) is 56.7 Å². The third kappa shape index (κ3) is 4.73. The average Bonchev–Trinajstić information content (AvgIpc) is 3.38. The summed E-state index contributed by atoms with van der Waals surface area (Å²) in [5.41, 5.74) is 1.74. The predicted molar refractivity (Wildman–Crippen MR) is 178 cm³/mol. The molecule has 0 bridgehead atoms. The Morgan fingerprint density at radius 2 is 1.52 bits per heavy atom. The molecule has 0 aliphatic heterocycles. The first-order valence-electron chi connectivity index (χ1n) is 17.8. The van der Waals surface area contributed by atoms with Crippen molar-refractivity contribution in [1.29, 1.82) is 0 Å². The molecule has 252 valence electrons. The summed E-state index contributed by atoms with van der Waals surface area (Å²) < 4.78 is 12.0. The molecule has 0 aromatic heterocycles. The molecular weight excluding hydrogens is 576 g/mol. The maximum atomic E-state index is 13.4. The van der Waals surface area contributed by atoms with Gasteiger partial charge in [-0.05, 0) is 129 Å². The van der Waals surface area contributed by atoms with E-state index in [0.29, 0.717) is 36.2 Å². The van der Waals surface area contributed by atoms with Crippen LogP contribution in [0.15, 0.2) is 36.4 Å². The van der Waals surface area contributed by atoms with E-state index in [1.54, 1.807) is 25.1 Å². The molecular formula is C40H56O6. The molecule has 0 heterocycles. The van der Waals surface area contributed by atoms with Crippen LogP contribution in [-0.4, -0.2) is 35.7 Å². The highest BCUT2D eigenvalue weighted by Gasteiger charge is 2.71. The number of allylic oxidation sites excluding steroid dienone is 1. The van der Waals surface area contributed by atoms with Crippen molar-refractivity contribution >= 4 is 17.9 Å². The van der Waals surface area contributed by atoms with E-state index in [9.17, 15) is 19.5 Å². The highest BCUT2D eigenvalue weighted by molar-refractivity contribution is 6.02. The molecule has 1 aromatic carbocycles. The maximum absolute atomic E-state index is 13.4. The number of rotatable bonds is 6. The van der Waals surface area contributed by atoms with Crippen molar-refractivity contribution in [3.05, 3.63) is 47.5 Å². The van der Waals surface area contributed by atoms with E-state index >= 15 is 0 Å². The molecule has 0 spiro atoms. The third-order valence-corrected chi connectivity index (χ3v) is 15.4. The molecule has 46 heavy (non-hydrogen) atoms. The normalized spacial score (nSPS) is 42.4. The SMILES string of the molecule is C=C(C)[C@H]1CC[C@@]2(COC(=O)c3ccccc3C(=O)O)CC[C@]3(C)[C@@H](CC[C@H]4[C@]5(C)CC[C@H](OC(C)=O)C(C)(C)[C@@H]5CC[C@]43C)[C@@H]12. The molecule has 5 fully saturated rings. The Kier molecular flexibility index (Phi) is 8.12. The molecule has 1 N–H and O–H groups in total. The number of hydrogen-bond acceptors (Lipinski definition) is 5. The number of carbonyl (C=O) groups excluding carboxylic acids is 2. The summed E-state index contributed by atoms with van der Waals surface area (Å²) in [5, 5.41) is 9.68. The van der Waals surface area contributed by atoms with Crippen LogP contribution in [0.5, 0.6) is 0 Å². The fraction of sp³-hybridized carbons (Fsp3) is 0.725. The lowest BCUT2D eigenvalue weighted by molar-refractivity contribution is -0.251. The molecule has 6 nitrogen and oxygen atoms in total. The van der Waals surface area contributed by atoms with Crippen molar-refractivity contribution in [2.75, 3.05) is 6.61 Å². The highest BCUT2D eigenvalue weighted by Crippen LogP contribution is 2.77. The zero-order valence-electron chi connectivity index (χ0n) is 29.2. The van der Waals surface area contributed by atoms with E-state index < -0.39 is 11.9 Å². The number of esters is 2. The topological polar surface area (TPSA) is 89.9 Å². The number of hydrogen-bond donors (Lipinski definition) is 1. The van der Waals surface area contributed by atoms with Gasteiger partial charge in [0.05, 0.1) is 17.7 Å². The number of carboxylic acid groups (broad SMARTS) is 1. The van der Waals surface area contributed by atoms with Gasteiger partial charge in [-0.15, -0.1) is 0 Å². The van der Waals surface area contributed by atoms with Gasteiger partial charge in [-0.3, -0.25) is 4.79 Å². The van der Waals surface area contributed by atoms with Crippen LogP contribution < -0.4 is 0 Å². The number of fused-ring (bicyclic) bond motifs is 7. The van der Waals surface area contributed by atoms with Gasteiger partial charge in [-0.2, -0.15) is 0 Å². The first-order valence-corrected chi connectivity index (χ1v) is 17.8. The van der Waals surface area contributed by atoms with Crippen LogP contribution in [0.3, 0.4) is 0 Å². The van der Waals surface area contributed by atoms with E-state index in [2.05, 4.69) is 48.1 Å². The summed E-state index contributed by atoms with van der Waals surface area (Å²) in [6, 6.07) is 6.37. The largest absolute Gasteiger partial charge is 0.478 e. The second-order valence-electron chi connectivity index (χ2n) is 17.4. The standard InChI is InChI=1S/C40H56O6/c1-24(2)26-15-20-40(23-45-35(44)28-12-10-9-11-27(28)34(42)43)22-21-38(7)29(33(26)40)13-14-31-37(6)18-17-32(46-25(3)41)36(4,5)30(37)16-19-39(31,38)8/h9-12,26,29-33H,1,13-23H2,2-8H3,(H,42,43)/t26-,29+,30+,31+,32+,33-,37-,38-,39-,40+/m1/s1. The molecule has 0 radical (unpaired) electrons. The lowest BCUT2D eigenvalue weighted by Gasteiger charge is -2.73. The number of carboxylic acids is 1. The zero-order valence-corrected chi connectivity index (χ0v) is 29.2. The minimum Gasteiger partial charge on any atom is -0.478 e. The first kappa shape index (κ1) is 33.3. The van der Waals surface area contributed by atoms with Crippen LogP contribution in [0.1, 0.15) is 133 Å². The monoisotopic (exact) mass is 632 g/mol. The van der Waals surface area contributed by atoms with Crippen molar-refractivity contribution in [1.82, 2.24) is 0 Å². The van der Waals surface area contributed by atoms with Gasteiger partial charge in [0.1, 0.15) is 6.10 Å². The summed E-state index contributed by atoms with van der Waals surface area (Å²) in [7, 11) is 0. The van der Waals surface area contributed by atoms with Gasteiger partial charge in [-0.1, -0.05) is 58.9 Å². The molecule has 0 saturated heterocycles. The Balaban J connectivity index is 1.30. The molecule has 6 rings (SSSR count). The average molecular weight is 633 g/mol. The fourth-order valence-electron chi connectivity index (χ4n) is 13.1. The van der Waals surface area contributed by atoms with E-state index in [1.807, 2.05) is 0 Å². The summed E-state index contributed by atoms with van der Waals surface area (Å²) in [5.74, 6) is 0.625. The molecule has 6 heteroatoms. The Morgan fingerprint density at radius 1 is 0.826 bits per heavy atom. The van der Waals surface area contributed by atoms with Gasteiger partial charge in [0.15, 0.2) is 0 Å². The smallest absolute Gasteiger partial charge is 0.339 e. The summed E-state index contributed by atoms with van der Waals surface area (Å²) in [6.45, 7) is 21.1. The van der Waals surface area contributed by atoms with E-state index in [4.69, 9.17) is 9.47 Å². The first-order chi connectivity index (χ1) is 21.5. The summed E-state index contributed by atoms with van der Waals surface area (Å²) >= 11 is 0. The Morgan fingerprint density at radius 3 is 2.17 bits per heavy atom. The lowest BCUT2D eigenvalue weighted by atomic mass is 9.32. The quantitative estimate of drug-likeness (QED) is 0.249. The fourth-order valence-corrected chi connectivity index (χ4v) is 13.1. The summed E-state index contributed by atoms with van der Waals surface area (Å²) in [4.78, 5) is 37.2. The zero-order chi connectivity index (χ0) is 33.4. The molecule has 5 aliphatic carbocycles. The van der Waals surface area contributed by atoms with Crippen molar-refractivity contribution in [2.45, 2.75) is 119 Å².